The number of nitrogens with zero attached hydrogens (tertiary/aromatic N) is 4. The predicted molar refractivity (Wildman–Crippen MR) is 109 cm³/mol. The van der Waals surface area contributed by atoms with Gasteiger partial charge in [-0.3, -0.25) is 19.6 Å². The number of hydrogen-bond donors (Lipinski definition) is 0. The Labute approximate surface area is 171 Å². The van der Waals surface area contributed by atoms with Crippen LogP contribution in [0.1, 0.15) is 34.5 Å². The van der Waals surface area contributed by atoms with Crippen LogP contribution in [-0.4, -0.2) is 65.5 Å². The summed E-state index contributed by atoms with van der Waals surface area (Å²) in [5.74, 6) is 0.127. The molecule has 0 radical (unpaired) electrons. The van der Waals surface area contributed by atoms with Crippen molar-refractivity contribution in [1.82, 2.24) is 14.8 Å². The molecular formula is C23H26N4O2. The van der Waals surface area contributed by atoms with Crippen molar-refractivity contribution in [2.45, 2.75) is 24.9 Å². The van der Waals surface area contributed by atoms with Crippen molar-refractivity contribution in [3.8, 4) is 6.07 Å². The van der Waals surface area contributed by atoms with Gasteiger partial charge in [0.2, 0.25) is 5.78 Å². The van der Waals surface area contributed by atoms with Crippen molar-refractivity contribution in [3.63, 3.8) is 0 Å². The van der Waals surface area contributed by atoms with Crippen molar-refractivity contribution in [3.05, 3.63) is 65.5 Å². The second-order valence-electron chi connectivity index (χ2n) is 7.76. The highest BCUT2D eigenvalue weighted by molar-refractivity contribution is 6.01. The minimum Gasteiger partial charge on any atom is -0.381 e. The van der Waals surface area contributed by atoms with E-state index in [1.165, 1.54) is 5.56 Å². The molecule has 2 saturated heterocycles. The maximum Gasteiger partial charge on any atom is 0.201 e. The number of pyridine rings is 1. The number of benzene rings is 1. The van der Waals surface area contributed by atoms with E-state index in [1.807, 2.05) is 42.5 Å². The molecule has 0 amide bonds. The molecule has 0 bridgehead atoms. The molecule has 0 unspecified atom stereocenters. The molecule has 2 aliphatic rings. The monoisotopic (exact) mass is 390 g/mol. The van der Waals surface area contributed by atoms with Gasteiger partial charge in [0.05, 0.1) is 17.2 Å². The van der Waals surface area contributed by atoms with Crippen LogP contribution in [0.25, 0.3) is 0 Å². The van der Waals surface area contributed by atoms with Gasteiger partial charge in [-0.15, -0.1) is 0 Å². The first kappa shape index (κ1) is 19.7. The van der Waals surface area contributed by atoms with Crippen LogP contribution in [0.4, 0.5) is 0 Å². The molecule has 0 aliphatic carbocycles. The largest absolute Gasteiger partial charge is 0.381 e. The molecule has 29 heavy (non-hydrogen) atoms. The maximum atomic E-state index is 13.5. The number of carbonyl (C=O) groups excluding carboxylic acids is 1. The number of hydrogen-bond acceptors (Lipinski definition) is 6. The number of Topliss-reactive ketones (excluding diaryl/α,β-unsaturated/α-hetero) is 1. The molecule has 2 fully saturated rings. The first-order chi connectivity index (χ1) is 14.2. The molecule has 0 N–H and O–H groups in total. The standard InChI is InChI=1S/C23H26N4O2/c24-17-19-4-6-20(7-5-19)18-26-11-13-27(14-12-26)23(8-15-29-16-9-23)22(28)21-3-1-2-10-25-21/h1-7,10H,8-9,11-16,18H2. The van der Waals surface area contributed by atoms with Gasteiger partial charge >= 0.3 is 0 Å². The fraction of sp³-hybridized carbons (Fsp3) is 0.435. The number of rotatable bonds is 5. The van der Waals surface area contributed by atoms with E-state index in [1.54, 1.807) is 6.20 Å². The minimum absolute atomic E-state index is 0.127. The number of ketones is 1. The average molecular weight is 390 g/mol. The fourth-order valence-electron chi connectivity index (χ4n) is 4.41. The Morgan fingerprint density at radius 1 is 1.07 bits per heavy atom. The molecule has 6 nitrogen and oxygen atoms in total. The van der Waals surface area contributed by atoms with E-state index in [-0.39, 0.29) is 5.78 Å². The molecule has 0 atom stereocenters. The highest BCUT2D eigenvalue weighted by Gasteiger charge is 2.46. The number of nitriles is 1. The number of aromatic nitrogens is 1. The molecule has 1 aromatic heterocycles. The Hall–Kier alpha value is -2.59. The summed E-state index contributed by atoms with van der Waals surface area (Å²) in [5.41, 5.74) is 1.94. The van der Waals surface area contributed by atoms with E-state index in [2.05, 4.69) is 20.9 Å². The van der Waals surface area contributed by atoms with Crippen LogP contribution in [0.2, 0.25) is 0 Å². The summed E-state index contributed by atoms with van der Waals surface area (Å²) in [5, 5.41) is 8.95. The van der Waals surface area contributed by atoms with Gasteiger partial charge in [0.25, 0.3) is 0 Å². The van der Waals surface area contributed by atoms with E-state index in [0.29, 0.717) is 24.5 Å². The van der Waals surface area contributed by atoms with E-state index in [9.17, 15) is 4.79 Å². The molecule has 150 valence electrons. The van der Waals surface area contributed by atoms with Gasteiger partial charge < -0.3 is 4.74 Å². The fourth-order valence-corrected chi connectivity index (χ4v) is 4.41. The summed E-state index contributed by atoms with van der Waals surface area (Å²) in [6.45, 7) is 5.64. The van der Waals surface area contributed by atoms with Gasteiger partial charge in [-0.1, -0.05) is 18.2 Å². The van der Waals surface area contributed by atoms with Crippen molar-refractivity contribution in [2.24, 2.45) is 0 Å². The topological polar surface area (TPSA) is 69.5 Å². The summed E-state index contributed by atoms with van der Waals surface area (Å²) in [6, 6.07) is 15.5. The third-order valence-electron chi connectivity index (χ3n) is 6.11. The molecule has 2 aromatic rings. The lowest BCUT2D eigenvalue weighted by molar-refractivity contribution is -0.0340. The van der Waals surface area contributed by atoms with Crippen molar-refractivity contribution < 1.29 is 9.53 Å². The molecule has 2 aliphatic heterocycles. The molecule has 6 heteroatoms. The Kier molecular flexibility index (Phi) is 6.00. The van der Waals surface area contributed by atoms with Gasteiger partial charge in [0.1, 0.15) is 5.69 Å². The maximum absolute atomic E-state index is 13.5. The molecule has 3 heterocycles. The normalized spacial score (nSPS) is 20.1. The summed E-state index contributed by atoms with van der Waals surface area (Å²) in [4.78, 5) is 22.6. The zero-order chi connectivity index (χ0) is 20.1. The smallest absolute Gasteiger partial charge is 0.201 e. The van der Waals surface area contributed by atoms with Crippen LogP contribution >= 0.6 is 0 Å². The van der Waals surface area contributed by atoms with E-state index < -0.39 is 5.54 Å². The highest BCUT2D eigenvalue weighted by atomic mass is 16.5. The van der Waals surface area contributed by atoms with Gasteiger partial charge in [-0.25, -0.2) is 0 Å². The SMILES string of the molecule is N#Cc1ccc(CN2CCN(C3(C(=O)c4ccccn4)CCOCC3)CC2)cc1. The van der Waals surface area contributed by atoms with Crippen LogP contribution in [-0.2, 0) is 11.3 Å². The number of ether oxygens (including phenoxy) is 1. The van der Waals surface area contributed by atoms with Crippen LogP contribution in [0.5, 0.6) is 0 Å². The van der Waals surface area contributed by atoms with E-state index >= 15 is 0 Å². The Morgan fingerprint density at radius 3 is 2.41 bits per heavy atom. The second-order valence-corrected chi connectivity index (χ2v) is 7.76. The Balaban J connectivity index is 1.44. The second kappa shape index (κ2) is 8.83. The zero-order valence-corrected chi connectivity index (χ0v) is 16.6. The summed E-state index contributed by atoms with van der Waals surface area (Å²) in [7, 11) is 0. The summed E-state index contributed by atoms with van der Waals surface area (Å²) < 4.78 is 5.59. The van der Waals surface area contributed by atoms with E-state index in [4.69, 9.17) is 10.00 Å². The van der Waals surface area contributed by atoms with E-state index in [0.717, 1.165) is 45.6 Å². The highest BCUT2D eigenvalue weighted by Crippen LogP contribution is 2.32. The lowest BCUT2D eigenvalue weighted by Crippen LogP contribution is -2.62. The molecule has 0 spiro atoms. The third kappa shape index (κ3) is 4.23. The van der Waals surface area contributed by atoms with Crippen LogP contribution < -0.4 is 0 Å². The summed E-state index contributed by atoms with van der Waals surface area (Å²) >= 11 is 0. The summed E-state index contributed by atoms with van der Waals surface area (Å²) in [6.07, 6.45) is 3.13. The Bertz CT molecular complexity index is 862. The number of piperazine rings is 1. The van der Waals surface area contributed by atoms with Crippen LogP contribution in [0.15, 0.2) is 48.7 Å². The lowest BCUT2D eigenvalue weighted by Gasteiger charge is -2.48. The third-order valence-corrected chi connectivity index (χ3v) is 6.11. The first-order valence-electron chi connectivity index (χ1n) is 10.2. The minimum atomic E-state index is -0.507. The molecule has 0 saturated carbocycles. The van der Waals surface area contributed by atoms with Gasteiger partial charge in [-0.2, -0.15) is 5.26 Å². The van der Waals surface area contributed by atoms with Gasteiger partial charge in [0.15, 0.2) is 0 Å². The van der Waals surface area contributed by atoms with Gasteiger partial charge in [0, 0.05) is 52.1 Å². The predicted octanol–water partition coefficient (Wildman–Crippen LogP) is 2.50. The average Bonchev–Trinajstić information content (AvgIpc) is 2.80. The molecular weight excluding hydrogens is 364 g/mol. The zero-order valence-electron chi connectivity index (χ0n) is 16.6. The number of carbonyl (C=O) groups is 1. The van der Waals surface area contributed by atoms with Crippen LogP contribution in [0.3, 0.4) is 0 Å². The first-order valence-corrected chi connectivity index (χ1v) is 10.2. The van der Waals surface area contributed by atoms with Crippen molar-refractivity contribution in [2.75, 3.05) is 39.4 Å². The Morgan fingerprint density at radius 2 is 1.79 bits per heavy atom. The molecule has 1 aromatic carbocycles. The van der Waals surface area contributed by atoms with Crippen molar-refractivity contribution >= 4 is 5.78 Å². The quantitative estimate of drug-likeness (QED) is 0.731. The molecule has 4 rings (SSSR count). The van der Waals surface area contributed by atoms with Gasteiger partial charge in [-0.05, 0) is 42.7 Å². The lowest BCUT2D eigenvalue weighted by atomic mass is 9.81. The van der Waals surface area contributed by atoms with Crippen LogP contribution in [0, 0.1) is 11.3 Å². The van der Waals surface area contributed by atoms with Crippen molar-refractivity contribution in [1.29, 1.82) is 5.26 Å².